The Hall–Kier alpha value is -0.840. The predicted molar refractivity (Wildman–Crippen MR) is 89.9 cm³/mol. The number of aliphatic hydroxyl groups excluding tert-OH is 1. The van der Waals surface area contributed by atoms with Gasteiger partial charge in [-0.2, -0.15) is 0 Å². The van der Waals surface area contributed by atoms with Gasteiger partial charge >= 0.3 is 0 Å². The number of hydrogen-bond acceptors (Lipinski definition) is 4. The molecule has 1 aromatic heterocycles. The molecule has 2 rings (SSSR count). The molecule has 1 fully saturated rings. The van der Waals surface area contributed by atoms with Crippen molar-refractivity contribution in [1.29, 1.82) is 0 Å². The van der Waals surface area contributed by atoms with Gasteiger partial charge in [-0.1, -0.05) is 20.8 Å². The number of aliphatic hydroxyl groups is 1. The van der Waals surface area contributed by atoms with Gasteiger partial charge in [0.1, 0.15) is 11.5 Å². The molecule has 0 amide bonds. The summed E-state index contributed by atoms with van der Waals surface area (Å²) in [7, 11) is 0. The molecule has 0 radical (unpaired) electrons. The van der Waals surface area contributed by atoms with Crippen molar-refractivity contribution >= 4 is 0 Å². The first-order valence-electron chi connectivity index (χ1n) is 8.77. The highest BCUT2D eigenvalue weighted by atomic mass is 16.3. The molecule has 1 saturated heterocycles. The average molecular weight is 308 g/mol. The summed E-state index contributed by atoms with van der Waals surface area (Å²) in [5, 5.41) is 9.36. The molecule has 1 aliphatic heterocycles. The number of piperazine rings is 1. The van der Waals surface area contributed by atoms with Crippen LogP contribution in [-0.4, -0.2) is 53.7 Å². The van der Waals surface area contributed by atoms with Gasteiger partial charge in [0, 0.05) is 38.7 Å². The zero-order chi connectivity index (χ0) is 15.9. The van der Waals surface area contributed by atoms with Crippen molar-refractivity contribution in [2.75, 3.05) is 32.8 Å². The molecule has 1 aromatic rings. The van der Waals surface area contributed by atoms with Crippen LogP contribution in [0.25, 0.3) is 0 Å². The lowest BCUT2D eigenvalue weighted by Gasteiger charge is -2.41. The summed E-state index contributed by atoms with van der Waals surface area (Å²) in [6, 6.07) is 4.66. The highest BCUT2D eigenvalue weighted by Gasteiger charge is 2.26. The van der Waals surface area contributed by atoms with Crippen molar-refractivity contribution in [3.8, 4) is 0 Å². The standard InChI is InChI=1S/C18H32N2O2/c1-4-17-5-6-18(22-17)14-19-10-11-20(9-7-15(2)3)16(13-19)8-12-21/h5-6,15-16,21H,4,7-14H2,1-3H3/t16-/m1/s1. The number of aryl methyl sites for hydroxylation is 1. The van der Waals surface area contributed by atoms with Gasteiger partial charge in [0.15, 0.2) is 0 Å². The lowest BCUT2D eigenvalue weighted by Crippen LogP contribution is -2.53. The van der Waals surface area contributed by atoms with E-state index in [4.69, 9.17) is 4.42 Å². The molecule has 0 saturated carbocycles. The molecule has 1 N–H and O–H groups in total. The molecule has 0 spiro atoms. The Labute approximate surface area is 135 Å². The van der Waals surface area contributed by atoms with E-state index in [-0.39, 0.29) is 6.61 Å². The van der Waals surface area contributed by atoms with Gasteiger partial charge in [0.05, 0.1) is 6.54 Å². The molecular weight excluding hydrogens is 276 g/mol. The lowest BCUT2D eigenvalue weighted by molar-refractivity contribution is 0.0491. The zero-order valence-electron chi connectivity index (χ0n) is 14.4. The van der Waals surface area contributed by atoms with Crippen LogP contribution in [0, 0.1) is 5.92 Å². The van der Waals surface area contributed by atoms with Gasteiger partial charge in [-0.3, -0.25) is 9.80 Å². The van der Waals surface area contributed by atoms with E-state index >= 15 is 0 Å². The molecule has 1 aliphatic rings. The largest absolute Gasteiger partial charge is 0.465 e. The second-order valence-electron chi connectivity index (χ2n) is 6.84. The molecule has 4 heteroatoms. The van der Waals surface area contributed by atoms with E-state index in [1.165, 1.54) is 6.42 Å². The van der Waals surface area contributed by atoms with E-state index in [1.807, 2.05) is 0 Å². The summed E-state index contributed by atoms with van der Waals surface area (Å²) in [6.45, 7) is 12.2. The third-order valence-electron chi connectivity index (χ3n) is 4.59. The van der Waals surface area contributed by atoms with Crippen LogP contribution in [0.5, 0.6) is 0 Å². The average Bonchev–Trinajstić information content (AvgIpc) is 2.94. The second-order valence-corrected chi connectivity index (χ2v) is 6.84. The van der Waals surface area contributed by atoms with E-state index in [9.17, 15) is 5.11 Å². The summed E-state index contributed by atoms with van der Waals surface area (Å²) in [6.07, 6.45) is 3.06. The van der Waals surface area contributed by atoms with Crippen molar-refractivity contribution < 1.29 is 9.52 Å². The molecule has 0 bridgehead atoms. The van der Waals surface area contributed by atoms with Crippen molar-refractivity contribution in [2.24, 2.45) is 5.92 Å². The van der Waals surface area contributed by atoms with Gasteiger partial charge in [0.25, 0.3) is 0 Å². The van der Waals surface area contributed by atoms with Crippen molar-refractivity contribution in [3.63, 3.8) is 0 Å². The predicted octanol–water partition coefficient (Wildman–Crippen LogP) is 2.76. The minimum Gasteiger partial charge on any atom is -0.465 e. The quantitative estimate of drug-likeness (QED) is 0.801. The zero-order valence-corrected chi connectivity index (χ0v) is 14.4. The number of furan rings is 1. The number of rotatable bonds is 8. The molecule has 0 unspecified atom stereocenters. The maximum absolute atomic E-state index is 9.36. The van der Waals surface area contributed by atoms with Gasteiger partial charge in [-0.25, -0.2) is 0 Å². The highest BCUT2D eigenvalue weighted by Crippen LogP contribution is 2.18. The van der Waals surface area contributed by atoms with Crippen LogP contribution < -0.4 is 0 Å². The Morgan fingerprint density at radius 3 is 2.68 bits per heavy atom. The molecule has 2 heterocycles. The number of hydrogen-bond donors (Lipinski definition) is 1. The molecule has 0 aliphatic carbocycles. The normalized spacial score (nSPS) is 20.9. The van der Waals surface area contributed by atoms with Gasteiger partial charge in [-0.05, 0) is 37.4 Å². The summed E-state index contributed by atoms with van der Waals surface area (Å²) < 4.78 is 5.83. The fourth-order valence-electron chi connectivity index (χ4n) is 3.16. The van der Waals surface area contributed by atoms with Crippen LogP contribution in [0.1, 0.15) is 45.1 Å². The van der Waals surface area contributed by atoms with E-state index in [0.717, 1.165) is 63.0 Å². The summed E-state index contributed by atoms with van der Waals surface area (Å²) in [5.41, 5.74) is 0. The molecule has 126 valence electrons. The second kappa shape index (κ2) is 8.70. The van der Waals surface area contributed by atoms with Crippen molar-refractivity contribution in [2.45, 2.75) is 52.6 Å². The van der Waals surface area contributed by atoms with Crippen LogP contribution in [0.2, 0.25) is 0 Å². The van der Waals surface area contributed by atoms with Gasteiger partial charge < -0.3 is 9.52 Å². The Morgan fingerprint density at radius 1 is 1.27 bits per heavy atom. The highest BCUT2D eigenvalue weighted by molar-refractivity contribution is 5.07. The van der Waals surface area contributed by atoms with Crippen LogP contribution in [-0.2, 0) is 13.0 Å². The van der Waals surface area contributed by atoms with E-state index < -0.39 is 0 Å². The molecule has 1 atom stereocenters. The summed E-state index contributed by atoms with van der Waals surface area (Å²) >= 11 is 0. The third kappa shape index (κ3) is 5.11. The third-order valence-corrected chi connectivity index (χ3v) is 4.59. The minimum absolute atomic E-state index is 0.275. The molecular formula is C18H32N2O2. The Kier molecular flexibility index (Phi) is 6.93. The molecule has 0 aromatic carbocycles. The van der Waals surface area contributed by atoms with E-state index in [1.54, 1.807) is 0 Å². The summed E-state index contributed by atoms with van der Waals surface area (Å²) in [5.74, 6) is 2.87. The fraction of sp³-hybridized carbons (Fsp3) is 0.778. The number of nitrogens with zero attached hydrogens (tertiary/aromatic N) is 2. The molecule has 4 nitrogen and oxygen atoms in total. The smallest absolute Gasteiger partial charge is 0.118 e. The van der Waals surface area contributed by atoms with Crippen LogP contribution >= 0.6 is 0 Å². The van der Waals surface area contributed by atoms with E-state index in [2.05, 4.69) is 42.7 Å². The first kappa shape index (κ1) is 17.5. The molecule has 22 heavy (non-hydrogen) atoms. The Bertz CT molecular complexity index is 430. The van der Waals surface area contributed by atoms with Gasteiger partial charge in [0.2, 0.25) is 0 Å². The fourth-order valence-corrected chi connectivity index (χ4v) is 3.16. The lowest BCUT2D eigenvalue weighted by atomic mass is 10.1. The Morgan fingerprint density at radius 2 is 2.05 bits per heavy atom. The van der Waals surface area contributed by atoms with Crippen molar-refractivity contribution in [3.05, 3.63) is 23.7 Å². The van der Waals surface area contributed by atoms with Crippen LogP contribution in [0.4, 0.5) is 0 Å². The monoisotopic (exact) mass is 308 g/mol. The van der Waals surface area contributed by atoms with Crippen LogP contribution in [0.3, 0.4) is 0 Å². The summed E-state index contributed by atoms with van der Waals surface area (Å²) in [4.78, 5) is 5.02. The van der Waals surface area contributed by atoms with Crippen LogP contribution in [0.15, 0.2) is 16.5 Å². The topological polar surface area (TPSA) is 39.9 Å². The maximum Gasteiger partial charge on any atom is 0.118 e. The first-order valence-corrected chi connectivity index (χ1v) is 8.77. The van der Waals surface area contributed by atoms with E-state index in [0.29, 0.717) is 6.04 Å². The Balaban J connectivity index is 1.88. The van der Waals surface area contributed by atoms with Crippen molar-refractivity contribution in [1.82, 2.24) is 9.80 Å². The minimum atomic E-state index is 0.275. The first-order chi connectivity index (χ1) is 10.6. The van der Waals surface area contributed by atoms with Gasteiger partial charge in [-0.15, -0.1) is 0 Å². The maximum atomic E-state index is 9.36. The SMILES string of the molecule is CCc1ccc(CN2CCN(CCC(C)C)[C@H](CCO)C2)o1.